The van der Waals surface area contributed by atoms with Crippen molar-refractivity contribution in [1.82, 2.24) is 4.57 Å². The molecule has 2 aromatic carbocycles. The average Bonchev–Trinajstić information content (AvgIpc) is 2.86. The van der Waals surface area contributed by atoms with Gasteiger partial charge < -0.3 is 9.67 Å². The molecular formula is C23H37NO2. The van der Waals surface area contributed by atoms with Crippen molar-refractivity contribution in [3.8, 4) is 0 Å². The smallest absolute Gasteiger partial charge is 0.306 e. The van der Waals surface area contributed by atoms with Crippen molar-refractivity contribution < 1.29 is 9.90 Å². The summed E-state index contributed by atoms with van der Waals surface area (Å²) in [5.41, 5.74) is 2.35. The van der Waals surface area contributed by atoms with Crippen LogP contribution in [0.1, 0.15) is 62.4 Å². The number of carbonyl (C=O) groups is 1. The van der Waals surface area contributed by atoms with Crippen molar-refractivity contribution in [2.45, 2.75) is 62.4 Å². The molecule has 1 N–H and O–H groups in total. The van der Waals surface area contributed by atoms with Gasteiger partial charge in [-0.05, 0) is 31.9 Å². The first-order chi connectivity index (χ1) is 10.6. The Morgan fingerprint density at radius 3 is 1.73 bits per heavy atom. The van der Waals surface area contributed by atoms with Gasteiger partial charge in [-0.3, -0.25) is 4.79 Å². The van der Waals surface area contributed by atoms with E-state index in [-0.39, 0.29) is 41.7 Å². The molecule has 0 spiro atoms. The van der Waals surface area contributed by atoms with Gasteiger partial charge in [0.25, 0.3) is 0 Å². The number of benzene rings is 2. The predicted octanol–water partition coefficient (Wildman–Crippen LogP) is 7.40. The highest BCUT2D eigenvalue weighted by Gasteiger charge is 2.21. The van der Waals surface area contributed by atoms with E-state index in [9.17, 15) is 9.90 Å². The summed E-state index contributed by atoms with van der Waals surface area (Å²) >= 11 is 0. The summed E-state index contributed by atoms with van der Waals surface area (Å²) in [6, 6.07) is 16.8. The van der Waals surface area contributed by atoms with Crippen LogP contribution in [0.15, 0.2) is 48.5 Å². The lowest BCUT2D eigenvalue weighted by molar-refractivity contribution is -0.142. The molecule has 0 saturated carbocycles. The van der Waals surface area contributed by atoms with Gasteiger partial charge in [-0.1, -0.05) is 73.0 Å². The lowest BCUT2D eigenvalue weighted by Crippen LogP contribution is -2.18. The van der Waals surface area contributed by atoms with Crippen LogP contribution in [-0.4, -0.2) is 15.6 Å². The number of aliphatic carboxylic acids is 1. The number of rotatable bonds is 5. The van der Waals surface area contributed by atoms with Gasteiger partial charge in [-0.25, -0.2) is 0 Å². The van der Waals surface area contributed by atoms with Crippen LogP contribution < -0.4 is 0 Å². The molecular weight excluding hydrogens is 322 g/mol. The van der Waals surface area contributed by atoms with Crippen LogP contribution in [-0.2, 0) is 4.79 Å². The van der Waals surface area contributed by atoms with Crippen LogP contribution in [0.3, 0.4) is 0 Å². The number of para-hydroxylation sites is 2. The molecule has 0 fully saturated rings. The maximum absolute atomic E-state index is 11.4. The molecule has 0 aliphatic rings. The molecule has 0 bridgehead atoms. The van der Waals surface area contributed by atoms with Crippen LogP contribution in [0.4, 0.5) is 0 Å². The Kier molecular flexibility index (Phi) is 10.6. The van der Waals surface area contributed by atoms with Gasteiger partial charge in [0.2, 0.25) is 0 Å². The minimum Gasteiger partial charge on any atom is -0.481 e. The second kappa shape index (κ2) is 10.6. The molecule has 3 rings (SSSR count). The average molecular weight is 360 g/mol. The van der Waals surface area contributed by atoms with Crippen LogP contribution in [0.5, 0.6) is 0 Å². The third-order valence-corrected chi connectivity index (χ3v) is 4.53. The molecule has 26 heavy (non-hydrogen) atoms. The Hall–Kier alpha value is -2.29. The summed E-state index contributed by atoms with van der Waals surface area (Å²) in [5.74, 6) is -0.995. The van der Waals surface area contributed by atoms with Crippen molar-refractivity contribution in [2.75, 3.05) is 0 Å². The largest absolute Gasteiger partial charge is 0.481 e. The minimum atomic E-state index is -0.699. The zero-order chi connectivity index (χ0) is 15.7. The van der Waals surface area contributed by atoms with Crippen LogP contribution in [0.25, 0.3) is 21.8 Å². The number of hydrogen-bond donors (Lipinski definition) is 1. The lowest BCUT2D eigenvalue weighted by atomic mass is 9.98. The molecule has 0 radical (unpaired) electrons. The van der Waals surface area contributed by atoms with E-state index in [0.717, 1.165) is 0 Å². The van der Waals surface area contributed by atoms with Crippen molar-refractivity contribution in [1.29, 1.82) is 0 Å². The Bertz CT molecular complexity index is 766. The summed E-state index contributed by atoms with van der Waals surface area (Å²) in [6.07, 6.45) is 1.31. The molecule has 2 unspecified atom stereocenters. The van der Waals surface area contributed by atoms with Gasteiger partial charge in [-0.15, -0.1) is 0 Å². The fourth-order valence-electron chi connectivity index (χ4n) is 3.39. The number of hydrogen-bond acceptors (Lipinski definition) is 1. The zero-order valence-electron chi connectivity index (χ0n) is 13.0. The molecule has 3 heteroatoms. The topological polar surface area (TPSA) is 42.2 Å². The lowest BCUT2D eigenvalue weighted by Gasteiger charge is -2.20. The van der Waals surface area contributed by atoms with Crippen LogP contribution in [0.2, 0.25) is 0 Å². The number of aromatic nitrogens is 1. The molecule has 0 saturated heterocycles. The van der Waals surface area contributed by atoms with E-state index in [1.165, 1.54) is 21.8 Å². The highest BCUT2D eigenvalue weighted by atomic mass is 16.4. The Morgan fingerprint density at radius 1 is 0.923 bits per heavy atom. The van der Waals surface area contributed by atoms with E-state index in [4.69, 9.17) is 0 Å². The summed E-state index contributed by atoms with van der Waals surface area (Å²) in [7, 11) is 0. The molecule has 146 valence electrons. The van der Waals surface area contributed by atoms with Gasteiger partial charge in [0.1, 0.15) is 0 Å². The molecule has 1 heterocycles. The second-order valence-electron chi connectivity index (χ2n) is 5.93. The standard InChI is InChI=1S/C19H21NO2.4CH4/c1-3-14(19(21)22)12-13(2)20-17-10-6-4-8-15(17)16-9-5-7-11-18(16)20;;;;/h4-11,13-14H,3,12H2,1-2H3,(H,21,22);4*1H4. The summed E-state index contributed by atoms with van der Waals surface area (Å²) < 4.78 is 2.29. The first kappa shape index (κ1) is 25.9. The van der Waals surface area contributed by atoms with Crippen molar-refractivity contribution in [3.05, 3.63) is 48.5 Å². The number of nitrogens with zero attached hydrogens (tertiary/aromatic N) is 1. The molecule has 1 aromatic heterocycles. The van der Waals surface area contributed by atoms with Gasteiger partial charge in [0.15, 0.2) is 0 Å². The maximum atomic E-state index is 11.4. The molecule has 0 amide bonds. The molecule has 3 nitrogen and oxygen atoms in total. The third-order valence-electron chi connectivity index (χ3n) is 4.53. The van der Waals surface area contributed by atoms with Gasteiger partial charge in [0.05, 0.1) is 5.92 Å². The summed E-state index contributed by atoms with van der Waals surface area (Å²) in [4.78, 5) is 11.4. The van der Waals surface area contributed by atoms with Crippen molar-refractivity contribution in [3.63, 3.8) is 0 Å². The predicted molar refractivity (Wildman–Crippen MR) is 117 cm³/mol. The SMILES string of the molecule is C.C.C.C.CCC(CC(C)n1c2ccccc2c2ccccc21)C(=O)O. The maximum Gasteiger partial charge on any atom is 0.306 e. The van der Waals surface area contributed by atoms with E-state index in [1.807, 2.05) is 19.1 Å². The molecule has 0 aliphatic carbocycles. The van der Waals surface area contributed by atoms with Crippen LogP contribution >= 0.6 is 0 Å². The summed E-state index contributed by atoms with van der Waals surface area (Å²) in [6.45, 7) is 4.06. The van der Waals surface area contributed by atoms with E-state index < -0.39 is 5.97 Å². The minimum absolute atomic E-state index is 0. The summed E-state index contributed by atoms with van der Waals surface area (Å²) in [5, 5.41) is 11.8. The van der Waals surface area contributed by atoms with E-state index >= 15 is 0 Å². The first-order valence-electron chi connectivity index (χ1n) is 7.84. The highest BCUT2D eigenvalue weighted by molar-refractivity contribution is 6.08. The first-order valence-corrected chi connectivity index (χ1v) is 7.84. The van der Waals surface area contributed by atoms with Gasteiger partial charge in [0, 0.05) is 27.8 Å². The highest BCUT2D eigenvalue weighted by Crippen LogP contribution is 2.33. The normalized spacial score (nSPS) is 12.1. The number of carboxylic acid groups (broad SMARTS) is 1. The monoisotopic (exact) mass is 359 g/mol. The van der Waals surface area contributed by atoms with E-state index in [1.54, 1.807) is 0 Å². The van der Waals surface area contributed by atoms with E-state index in [2.05, 4.69) is 47.9 Å². The fourth-order valence-corrected chi connectivity index (χ4v) is 3.39. The van der Waals surface area contributed by atoms with Crippen molar-refractivity contribution >= 4 is 27.8 Å². The van der Waals surface area contributed by atoms with Crippen molar-refractivity contribution in [2.24, 2.45) is 5.92 Å². The third kappa shape index (κ3) is 4.46. The Balaban J connectivity index is 0. The Labute approximate surface area is 159 Å². The fraction of sp³-hybridized carbons (Fsp3) is 0.435. The number of fused-ring (bicyclic) bond motifs is 3. The van der Waals surface area contributed by atoms with Crippen LogP contribution in [0, 0.1) is 5.92 Å². The second-order valence-corrected chi connectivity index (χ2v) is 5.93. The van der Waals surface area contributed by atoms with Gasteiger partial charge >= 0.3 is 5.97 Å². The molecule has 0 aliphatic heterocycles. The van der Waals surface area contributed by atoms with Gasteiger partial charge in [-0.2, -0.15) is 0 Å². The molecule has 3 aromatic rings. The zero-order valence-corrected chi connectivity index (χ0v) is 13.0. The quantitative estimate of drug-likeness (QED) is 0.515. The molecule has 2 atom stereocenters. The van der Waals surface area contributed by atoms with E-state index in [0.29, 0.717) is 12.8 Å². The number of carboxylic acids is 1. The Morgan fingerprint density at radius 2 is 1.35 bits per heavy atom.